The van der Waals surface area contributed by atoms with E-state index in [1.54, 1.807) is 12.1 Å². The lowest BCUT2D eigenvalue weighted by Gasteiger charge is -2.46. The van der Waals surface area contributed by atoms with Crippen LogP contribution in [-0.4, -0.2) is 23.4 Å². The van der Waals surface area contributed by atoms with Gasteiger partial charge in [0, 0.05) is 17.9 Å². The van der Waals surface area contributed by atoms with Crippen molar-refractivity contribution in [3.8, 4) is 5.75 Å². The Kier molecular flexibility index (Phi) is 3.17. The zero-order valence-electron chi connectivity index (χ0n) is 9.39. The smallest absolute Gasteiger partial charge is 0.115 e. The molecule has 1 aliphatic rings. The SMILES string of the molecule is NC[C@H](c1cccc(O)c1)C1(CO)CCC1. The minimum Gasteiger partial charge on any atom is -0.508 e. The van der Waals surface area contributed by atoms with Gasteiger partial charge in [-0.3, -0.25) is 0 Å². The highest BCUT2D eigenvalue weighted by molar-refractivity contribution is 5.32. The van der Waals surface area contributed by atoms with Gasteiger partial charge in [0.25, 0.3) is 0 Å². The van der Waals surface area contributed by atoms with Crippen molar-refractivity contribution < 1.29 is 10.2 Å². The molecule has 0 amide bonds. The predicted molar refractivity (Wildman–Crippen MR) is 63.3 cm³/mol. The third kappa shape index (κ3) is 1.81. The summed E-state index contributed by atoms with van der Waals surface area (Å²) >= 11 is 0. The van der Waals surface area contributed by atoms with E-state index in [0.29, 0.717) is 6.54 Å². The van der Waals surface area contributed by atoms with Crippen LogP contribution >= 0.6 is 0 Å². The van der Waals surface area contributed by atoms with Crippen LogP contribution in [0.1, 0.15) is 30.7 Å². The highest BCUT2D eigenvalue weighted by Gasteiger charge is 2.43. The zero-order chi connectivity index (χ0) is 11.6. The lowest BCUT2D eigenvalue weighted by molar-refractivity contribution is 0.0191. The van der Waals surface area contributed by atoms with E-state index in [2.05, 4.69) is 0 Å². The van der Waals surface area contributed by atoms with Crippen molar-refractivity contribution in [2.45, 2.75) is 25.2 Å². The zero-order valence-corrected chi connectivity index (χ0v) is 9.39. The van der Waals surface area contributed by atoms with Crippen LogP contribution in [0.15, 0.2) is 24.3 Å². The number of aliphatic hydroxyl groups is 1. The minimum absolute atomic E-state index is 0.0530. The largest absolute Gasteiger partial charge is 0.508 e. The molecule has 0 aliphatic heterocycles. The molecule has 1 fully saturated rings. The van der Waals surface area contributed by atoms with Gasteiger partial charge in [-0.15, -0.1) is 0 Å². The molecule has 0 saturated heterocycles. The maximum Gasteiger partial charge on any atom is 0.115 e. The summed E-state index contributed by atoms with van der Waals surface area (Å²) in [4.78, 5) is 0. The quantitative estimate of drug-likeness (QED) is 0.723. The monoisotopic (exact) mass is 221 g/mol. The van der Waals surface area contributed by atoms with Crippen LogP contribution in [0.5, 0.6) is 5.75 Å². The van der Waals surface area contributed by atoms with E-state index in [1.807, 2.05) is 12.1 Å². The average Bonchev–Trinajstić information content (AvgIpc) is 2.23. The molecule has 0 heterocycles. The Hall–Kier alpha value is -1.06. The third-order valence-corrected chi connectivity index (χ3v) is 3.91. The number of phenols is 1. The Morgan fingerprint density at radius 3 is 2.56 bits per heavy atom. The standard InChI is InChI=1S/C13H19NO2/c14-8-12(13(9-15)5-2-6-13)10-3-1-4-11(16)7-10/h1,3-4,7,12,15-16H,2,5-6,8-9,14H2/t12-/m1/s1. The van der Waals surface area contributed by atoms with Gasteiger partial charge in [0.05, 0.1) is 0 Å². The predicted octanol–water partition coefficient (Wildman–Crippen LogP) is 1.60. The molecule has 0 aromatic heterocycles. The van der Waals surface area contributed by atoms with Crippen LogP contribution in [0.4, 0.5) is 0 Å². The second kappa shape index (κ2) is 4.44. The number of benzene rings is 1. The number of rotatable bonds is 4. The summed E-state index contributed by atoms with van der Waals surface area (Å²) < 4.78 is 0. The van der Waals surface area contributed by atoms with E-state index < -0.39 is 0 Å². The number of hydrogen-bond donors (Lipinski definition) is 3. The van der Waals surface area contributed by atoms with Gasteiger partial charge in [-0.1, -0.05) is 18.6 Å². The number of nitrogens with two attached hydrogens (primary N) is 1. The van der Waals surface area contributed by atoms with E-state index >= 15 is 0 Å². The molecule has 1 aliphatic carbocycles. The Balaban J connectivity index is 2.28. The topological polar surface area (TPSA) is 66.5 Å². The average molecular weight is 221 g/mol. The van der Waals surface area contributed by atoms with Crippen molar-refractivity contribution in [1.29, 1.82) is 0 Å². The first-order chi connectivity index (χ1) is 7.72. The van der Waals surface area contributed by atoms with Gasteiger partial charge in [-0.05, 0) is 37.1 Å². The molecule has 1 saturated carbocycles. The van der Waals surface area contributed by atoms with E-state index in [4.69, 9.17) is 5.73 Å². The van der Waals surface area contributed by atoms with Crippen molar-refractivity contribution in [3.63, 3.8) is 0 Å². The number of aromatic hydroxyl groups is 1. The van der Waals surface area contributed by atoms with E-state index in [9.17, 15) is 10.2 Å². The first-order valence-corrected chi connectivity index (χ1v) is 5.82. The summed E-state index contributed by atoms with van der Waals surface area (Å²) in [6.07, 6.45) is 3.22. The molecule has 1 aromatic carbocycles. The van der Waals surface area contributed by atoms with Gasteiger partial charge in [-0.2, -0.15) is 0 Å². The van der Waals surface area contributed by atoms with Crippen molar-refractivity contribution in [1.82, 2.24) is 0 Å². The van der Waals surface area contributed by atoms with Crippen molar-refractivity contribution >= 4 is 0 Å². The molecule has 0 bridgehead atoms. The molecule has 0 spiro atoms. The lowest BCUT2D eigenvalue weighted by atomic mass is 9.60. The number of phenolic OH excluding ortho intramolecular Hbond substituents is 1. The molecule has 0 unspecified atom stereocenters. The van der Waals surface area contributed by atoms with Gasteiger partial charge < -0.3 is 15.9 Å². The summed E-state index contributed by atoms with van der Waals surface area (Å²) in [7, 11) is 0. The summed E-state index contributed by atoms with van der Waals surface area (Å²) in [5, 5.41) is 19.0. The molecule has 3 heteroatoms. The van der Waals surface area contributed by atoms with E-state index in [-0.39, 0.29) is 23.7 Å². The van der Waals surface area contributed by atoms with Gasteiger partial charge >= 0.3 is 0 Å². The summed E-state index contributed by atoms with van der Waals surface area (Å²) in [6.45, 7) is 0.703. The minimum atomic E-state index is -0.0530. The van der Waals surface area contributed by atoms with Crippen molar-refractivity contribution in [3.05, 3.63) is 29.8 Å². The Bertz CT molecular complexity index is 355. The fourth-order valence-electron chi connectivity index (χ4n) is 2.73. The summed E-state index contributed by atoms with van der Waals surface area (Å²) in [5.41, 5.74) is 6.82. The number of aliphatic hydroxyl groups excluding tert-OH is 1. The van der Waals surface area contributed by atoms with Gasteiger partial charge in [0.2, 0.25) is 0 Å². The Morgan fingerprint density at radius 2 is 2.12 bits per heavy atom. The fraction of sp³-hybridized carbons (Fsp3) is 0.538. The Morgan fingerprint density at radius 1 is 1.38 bits per heavy atom. The van der Waals surface area contributed by atoms with Crippen LogP contribution in [0.25, 0.3) is 0 Å². The maximum absolute atomic E-state index is 9.55. The van der Waals surface area contributed by atoms with Crippen LogP contribution in [-0.2, 0) is 0 Å². The number of hydrogen-bond acceptors (Lipinski definition) is 3. The lowest BCUT2D eigenvalue weighted by Crippen LogP contribution is -2.42. The third-order valence-electron chi connectivity index (χ3n) is 3.91. The van der Waals surface area contributed by atoms with Gasteiger partial charge in [-0.25, -0.2) is 0 Å². The second-order valence-corrected chi connectivity index (χ2v) is 4.76. The molecule has 3 nitrogen and oxygen atoms in total. The van der Waals surface area contributed by atoms with E-state index in [1.165, 1.54) is 0 Å². The normalized spacial score (nSPS) is 20.1. The molecule has 2 rings (SSSR count). The molecule has 88 valence electrons. The van der Waals surface area contributed by atoms with Crippen LogP contribution in [0.2, 0.25) is 0 Å². The summed E-state index contributed by atoms with van der Waals surface area (Å²) in [5.74, 6) is 0.418. The molecule has 0 radical (unpaired) electrons. The van der Waals surface area contributed by atoms with Gasteiger partial charge in [0.1, 0.15) is 5.75 Å². The Labute approximate surface area is 95.9 Å². The van der Waals surface area contributed by atoms with Crippen LogP contribution in [0, 0.1) is 5.41 Å². The molecule has 16 heavy (non-hydrogen) atoms. The van der Waals surface area contributed by atoms with Crippen LogP contribution in [0.3, 0.4) is 0 Å². The molecule has 4 N–H and O–H groups in total. The highest BCUT2D eigenvalue weighted by atomic mass is 16.3. The fourth-order valence-corrected chi connectivity index (χ4v) is 2.73. The van der Waals surface area contributed by atoms with Crippen molar-refractivity contribution in [2.24, 2.45) is 11.1 Å². The first kappa shape index (κ1) is 11.4. The highest BCUT2D eigenvalue weighted by Crippen LogP contribution is 2.50. The second-order valence-electron chi connectivity index (χ2n) is 4.76. The molecular weight excluding hydrogens is 202 g/mol. The summed E-state index contributed by atoms with van der Waals surface area (Å²) in [6, 6.07) is 7.22. The molecule has 1 aromatic rings. The maximum atomic E-state index is 9.55. The first-order valence-electron chi connectivity index (χ1n) is 5.82. The van der Waals surface area contributed by atoms with Crippen molar-refractivity contribution in [2.75, 3.05) is 13.2 Å². The van der Waals surface area contributed by atoms with E-state index in [0.717, 1.165) is 24.8 Å². The molecular formula is C13H19NO2. The molecule has 1 atom stereocenters. The van der Waals surface area contributed by atoms with Gasteiger partial charge in [0.15, 0.2) is 0 Å². The van der Waals surface area contributed by atoms with Crippen LogP contribution < -0.4 is 5.73 Å².